The number of carboxylic acid groups (broad SMARTS) is 1. The van der Waals surface area contributed by atoms with Crippen LogP contribution in [0.2, 0.25) is 18.1 Å². The first kappa shape index (κ1) is 33.4. The van der Waals surface area contributed by atoms with E-state index in [0.29, 0.717) is 16.8 Å². The summed E-state index contributed by atoms with van der Waals surface area (Å²) in [7, 11) is -2.37. The van der Waals surface area contributed by atoms with Crippen LogP contribution in [0.15, 0.2) is 66.9 Å². The zero-order valence-electron chi connectivity index (χ0n) is 25.8. The molecule has 0 unspecified atom stereocenters. The Kier molecular flexibility index (Phi) is 10.5. The van der Waals surface area contributed by atoms with Crippen molar-refractivity contribution in [1.82, 2.24) is 15.1 Å². The monoisotopic (exact) mass is 607 g/mol. The van der Waals surface area contributed by atoms with E-state index in [-0.39, 0.29) is 17.4 Å². The van der Waals surface area contributed by atoms with E-state index in [9.17, 15) is 29.1 Å². The molecule has 0 saturated carbocycles. The van der Waals surface area contributed by atoms with E-state index in [4.69, 9.17) is 4.43 Å². The fraction of sp³-hybridized carbons (Fsp3) is 0.406. The van der Waals surface area contributed by atoms with Gasteiger partial charge in [0.25, 0.3) is 11.7 Å². The molecule has 2 aromatic carbocycles. The van der Waals surface area contributed by atoms with Crippen molar-refractivity contribution in [3.63, 3.8) is 0 Å². The van der Waals surface area contributed by atoms with Crippen molar-refractivity contribution < 1.29 is 33.5 Å². The molecule has 3 rings (SSSR count). The lowest BCUT2D eigenvalue weighted by atomic mass is 10.0. The highest BCUT2D eigenvalue weighted by Crippen LogP contribution is 2.39. The summed E-state index contributed by atoms with van der Waals surface area (Å²) in [5, 5.41) is 11.8. The molecule has 0 saturated heterocycles. The predicted octanol–water partition coefficient (Wildman–Crippen LogP) is 3.84. The number of aliphatic carboxylic acids is 1. The van der Waals surface area contributed by atoms with Crippen molar-refractivity contribution in [1.29, 1.82) is 0 Å². The molecule has 10 nitrogen and oxygen atoms in total. The number of rotatable bonds is 11. The Bertz CT molecular complexity index is 1390. The minimum absolute atomic E-state index is 0.0365. The number of ketones is 1. The van der Waals surface area contributed by atoms with Crippen molar-refractivity contribution >= 4 is 43.5 Å². The van der Waals surface area contributed by atoms with Crippen molar-refractivity contribution in [2.75, 3.05) is 6.54 Å². The summed E-state index contributed by atoms with van der Waals surface area (Å²) in [6, 6.07) is 15.2. The minimum Gasteiger partial charge on any atom is -0.475 e. The number of hydrogen-bond donors (Lipinski definition) is 2. The van der Waals surface area contributed by atoms with E-state index in [2.05, 4.69) is 39.2 Å². The second kappa shape index (κ2) is 13.5. The molecule has 3 atom stereocenters. The predicted molar refractivity (Wildman–Crippen MR) is 165 cm³/mol. The maximum atomic E-state index is 14.2. The Balaban J connectivity index is 1.99. The fourth-order valence-electron chi connectivity index (χ4n) is 4.69. The third-order valence-electron chi connectivity index (χ3n) is 7.98. The van der Waals surface area contributed by atoms with Crippen LogP contribution in [-0.4, -0.2) is 77.4 Å². The van der Waals surface area contributed by atoms with Gasteiger partial charge in [-0.3, -0.25) is 24.1 Å². The van der Waals surface area contributed by atoms with Crippen LogP contribution >= 0.6 is 0 Å². The molecule has 1 heterocycles. The molecule has 0 spiro atoms. The molecular formula is C32H41N3O7Si. The molecule has 1 aliphatic heterocycles. The maximum absolute atomic E-state index is 14.2. The summed E-state index contributed by atoms with van der Waals surface area (Å²) in [4.78, 5) is 67.3. The third-order valence-corrected chi connectivity index (χ3v) is 12.6. The number of benzene rings is 2. The van der Waals surface area contributed by atoms with Crippen LogP contribution in [-0.2, 0) is 34.8 Å². The van der Waals surface area contributed by atoms with Gasteiger partial charge < -0.3 is 19.7 Å². The summed E-state index contributed by atoms with van der Waals surface area (Å²) in [6.07, 6.45) is 0.813. The summed E-state index contributed by atoms with van der Waals surface area (Å²) >= 11 is 0. The molecule has 0 fully saturated rings. The minimum atomic E-state index is -2.37. The van der Waals surface area contributed by atoms with Crippen molar-refractivity contribution in [2.45, 2.75) is 77.4 Å². The summed E-state index contributed by atoms with van der Waals surface area (Å²) in [5.41, 5.74) is 1.57. The van der Waals surface area contributed by atoms with Crippen LogP contribution in [0.25, 0.3) is 5.70 Å². The zero-order chi connectivity index (χ0) is 32.1. The standard InChI is InChI=1S/C32H41N3O7Si/c1-21(42-43(6,7)32(3,4)5)28-30(39)35(26(19-34(28)22(2)36)24-16-12-9-13-17-24)20-27(37)33-25(29(38)31(40)41)18-23-14-10-8-11-15-23/h8-17,19,21,25,28H,18,20H2,1-7H3,(H,33,37)(H,40,41)/t21-,25-,28-/m0/s1. The first-order chi connectivity index (χ1) is 20.0. The van der Waals surface area contributed by atoms with Gasteiger partial charge >= 0.3 is 5.97 Å². The van der Waals surface area contributed by atoms with Crippen LogP contribution in [0, 0.1) is 0 Å². The molecule has 2 aromatic rings. The van der Waals surface area contributed by atoms with Gasteiger partial charge in [-0.15, -0.1) is 0 Å². The van der Waals surface area contributed by atoms with Gasteiger partial charge in [0, 0.05) is 19.5 Å². The SMILES string of the molecule is CC(=O)N1C=C(c2ccccc2)N(CC(=O)N[C@@H](Cc2ccccc2)C(=O)C(=O)O)C(=O)[C@@H]1[C@H](C)O[Si](C)(C)C(C)(C)C. The molecule has 0 aliphatic carbocycles. The maximum Gasteiger partial charge on any atom is 0.374 e. The molecule has 3 amide bonds. The molecule has 230 valence electrons. The van der Waals surface area contributed by atoms with E-state index in [1.807, 2.05) is 0 Å². The topological polar surface area (TPSA) is 133 Å². The second-order valence-electron chi connectivity index (χ2n) is 12.2. The van der Waals surface area contributed by atoms with Crippen molar-refractivity contribution in [3.05, 3.63) is 78.0 Å². The first-order valence-electron chi connectivity index (χ1n) is 14.2. The summed E-state index contributed by atoms with van der Waals surface area (Å²) in [5.74, 6) is -4.45. The molecule has 0 radical (unpaired) electrons. The highest BCUT2D eigenvalue weighted by molar-refractivity contribution is 6.74. The lowest BCUT2D eigenvalue weighted by molar-refractivity contribution is -0.150. The van der Waals surface area contributed by atoms with Crippen molar-refractivity contribution in [3.8, 4) is 0 Å². The summed E-state index contributed by atoms with van der Waals surface area (Å²) in [6.45, 7) is 12.9. The van der Waals surface area contributed by atoms with Crippen LogP contribution in [0.1, 0.15) is 45.7 Å². The summed E-state index contributed by atoms with van der Waals surface area (Å²) < 4.78 is 6.53. The molecule has 43 heavy (non-hydrogen) atoms. The van der Waals surface area contributed by atoms with E-state index in [0.717, 1.165) is 0 Å². The van der Waals surface area contributed by atoms with Gasteiger partial charge in [-0.05, 0) is 36.2 Å². The number of nitrogens with one attached hydrogen (secondary N) is 1. The molecule has 11 heteroatoms. The van der Waals surface area contributed by atoms with Crippen LogP contribution < -0.4 is 5.32 Å². The van der Waals surface area contributed by atoms with Gasteiger partial charge in [-0.1, -0.05) is 81.4 Å². The largest absolute Gasteiger partial charge is 0.475 e. The number of carbonyl (C=O) groups is 5. The number of hydrogen-bond acceptors (Lipinski definition) is 6. The average Bonchev–Trinajstić information content (AvgIpc) is 2.93. The Hall–Kier alpha value is -4.09. The highest BCUT2D eigenvalue weighted by Gasteiger charge is 2.46. The lowest BCUT2D eigenvalue weighted by Crippen LogP contribution is -2.60. The normalized spacial score (nSPS) is 17.1. The highest BCUT2D eigenvalue weighted by atomic mass is 28.4. The van der Waals surface area contributed by atoms with Crippen LogP contribution in [0.3, 0.4) is 0 Å². The van der Waals surface area contributed by atoms with E-state index < -0.39 is 56.6 Å². The Labute approximate surface area is 253 Å². The van der Waals surface area contributed by atoms with Gasteiger partial charge in [0.05, 0.1) is 11.8 Å². The molecule has 1 aliphatic rings. The Morgan fingerprint density at radius 3 is 2.07 bits per heavy atom. The zero-order valence-corrected chi connectivity index (χ0v) is 26.8. The van der Waals surface area contributed by atoms with Crippen LogP contribution in [0.4, 0.5) is 0 Å². The van der Waals surface area contributed by atoms with Crippen molar-refractivity contribution in [2.24, 2.45) is 0 Å². The van der Waals surface area contributed by atoms with Gasteiger partial charge in [-0.2, -0.15) is 0 Å². The van der Waals surface area contributed by atoms with Gasteiger partial charge in [-0.25, -0.2) is 4.79 Å². The lowest BCUT2D eigenvalue weighted by Gasteiger charge is -2.45. The third kappa shape index (κ3) is 8.05. The van der Waals surface area contributed by atoms with Crippen LogP contribution in [0.5, 0.6) is 0 Å². The second-order valence-corrected chi connectivity index (χ2v) is 17.0. The number of amides is 3. The molecular weight excluding hydrogens is 566 g/mol. The Morgan fingerprint density at radius 1 is 1.00 bits per heavy atom. The molecule has 2 N–H and O–H groups in total. The number of nitrogens with zero attached hydrogens (tertiary/aromatic N) is 2. The average molecular weight is 608 g/mol. The van der Waals surface area contributed by atoms with E-state index in [1.54, 1.807) is 73.8 Å². The molecule has 0 aromatic heterocycles. The fourth-order valence-corrected chi connectivity index (χ4v) is 6.10. The van der Waals surface area contributed by atoms with E-state index in [1.165, 1.54) is 16.7 Å². The first-order valence-corrected chi connectivity index (χ1v) is 17.1. The number of Topliss-reactive ketones (excluding diaryl/α,β-unsaturated/α-hetero) is 1. The van der Waals surface area contributed by atoms with Gasteiger partial charge in [0.2, 0.25) is 11.8 Å². The number of carbonyl (C=O) groups excluding carboxylic acids is 4. The molecule has 0 bridgehead atoms. The van der Waals surface area contributed by atoms with Gasteiger partial charge in [0.15, 0.2) is 8.32 Å². The quantitative estimate of drug-likeness (QED) is 0.293. The smallest absolute Gasteiger partial charge is 0.374 e. The number of carboxylic acids is 1. The van der Waals surface area contributed by atoms with Gasteiger partial charge in [0.1, 0.15) is 18.6 Å². The van der Waals surface area contributed by atoms with E-state index >= 15 is 0 Å². The Morgan fingerprint density at radius 2 is 1.56 bits per heavy atom.